The molecule has 1 aromatic rings. The van der Waals surface area contributed by atoms with Gasteiger partial charge in [0, 0.05) is 12.5 Å². The highest BCUT2D eigenvalue weighted by Gasteiger charge is 2.44. The Bertz CT molecular complexity index is 785. The summed E-state index contributed by atoms with van der Waals surface area (Å²) in [6, 6.07) is 7.49. The van der Waals surface area contributed by atoms with Gasteiger partial charge in [-0.05, 0) is 17.7 Å². The van der Waals surface area contributed by atoms with Crippen molar-refractivity contribution in [2.45, 2.75) is 26.7 Å². The molecular weight excluding hydrogens is 313 g/mol. The normalized spacial score (nSPS) is 18.1. The summed E-state index contributed by atoms with van der Waals surface area (Å²) in [6.07, 6.45) is 0. The van der Waals surface area contributed by atoms with E-state index in [0.717, 1.165) is 0 Å². The minimum Gasteiger partial charge on any atom is -0.438 e. The van der Waals surface area contributed by atoms with Crippen LogP contribution >= 0.6 is 0 Å². The third kappa shape index (κ3) is 3.08. The topological polar surface area (TPSA) is 88.2 Å². The molecule has 0 fully saturated rings. The molecule has 0 aliphatic carbocycles. The van der Waals surface area contributed by atoms with Crippen LogP contribution in [-0.2, 0) is 4.74 Å². The monoisotopic (exact) mass is 331 g/mol. The van der Waals surface area contributed by atoms with E-state index in [1.54, 1.807) is 6.07 Å². The first-order valence-electron chi connectivity index (χ1n) is 7.35. The number of hydrogen-bond acceptors (Lipinski definition) is 5. The maximum Gasteiger partial charge on any atom is 0.318 e. The van der Waals surface area contributed by atoms with Gasteiger partial charge in [-0.15, -0.1) is 0 Å². The number of benzene rings is 1. The van der Waals surface area contributed by atoms with E-state index in [9.17, 15) is 19.8 Å². The predicted octanol–water partition coefficient (Wildman–Crippen LogP) is 3.43. The fourth-order valence-electron chi connectivity index (χ4n) is 2.66. The highest BCUT2D eigenvalue weighted by molar-refractivity contribution is 5.48. The van der Waals surface area contributed by atoms with Crippen molar-refractivity contribution in [3.63, 3.8) is 0 Å². The van der Waals surface area contributed by atoms with Gasteiger partial charge in [-0.2, -0.15) is 5.26 Å². The Morgan fingerprint density at radius 1 is 1.42 bits per heavy atom. The van der Waals surface area contributed by atoms with E-state index in [0.29, 0.717) is 11.3 Å². The minimum atomic E-state index is -1.01. The largest absolute Gasteiger partial charge is 0.438 e. The maximum absolute atomic E-state index is 13.7. The molecule has 2 rings (SSSR count). The first-order valence-corrected chi connectivity index (χ1v) is 7.35. The Labute approximate surface area is 139 Å². The van der Waals surface area contributed by atoms with Crippen molar-refractivity contribution in [3.8, 4) is 6.07 Å². The summed E-state index contributed by atoms with van der Waals surface area (Å²) in [5, 5.41) is 23.9. The lowest BCUT2D eigenvalue weighted by atomic mass is 9.80. The van der Waals surface area contributed by atoms with Gasteiger partial charge in [0.25, 0.3) is 5.88 Å². The standard InChI is InChI=1S/C17H18FN3O3/c1-17(2,3)15-12(9-19)13(10-6-5-7-11(18)8-10)14(21(22)23)16(20-4)24-15/h5-8,13,20H,1-4H3. The summed E-state index contributed by atoms with van der Waals surface area (Å²) in [6.45, 7) is 5.52. The molecule has 6 nitrogen and oxygen atoms in total. The molecule has 1 heterocycles. The van der Waals surface area contributed by atoms with Gasteiger partial charge in [0.05, 0.1) is 16.6 Å². The molecule has 0 radical (unpaired) electrons. The van der Waals surface area contributed by atoms with Gasteiger partial charge < -0.3 is 10.1 Å². The van der Waals surface area contributed by atoms with Crippen LogP contribution in [0.1, 0.15) is 32.3 Å². The van der Waals surface area contributed by atoms with Crippen molar-refractivity contribution < 1.29 is 14.1 Å². The summed E-state index contributed by atoms with van der Waals surface area (Å²) in [4.78, 5) is 11.0. The van der Waals surface area contributed by atoms with Crippen LogP contribution in [0.4, 0.5) is 4.39 Å². The minimum absolute atomic E-state index is 0.0433. The summed E-state index contributed by atoms with van der Waals surface area (Å²) in [5.41, 5.74) is -0.427. The lowest BCUT2D eigenvalue weighted by Crippen LogP contribution is -2.30. The number of ether oxygens (including phenoxy) is 1. The zero-order chi connectivity index (χ0) is 18.1. The van der Waals surface area contributed by atoms with E-state index in [-0.39, 0.29) is 17.2 Å². The van der Waals surface area contributed by atoms with Gasteiger partial charge in [-0.3, -0.25) is 10.1 Å². The quantitative estimate of drug-likeness (QED) is 0.677. The third-order valence-electron chi connectivity index (χ3n) is 3.65. The Hall–Kier alpha value is -2.88. The van der Waals surface area contributed by atoms with Crippen molar-refractivity contribution in [2.24, 2.45) is 5.41 Å². The molecule has 0 spiro atoms. The number of nitro groups is 1. The first kappa shape index (κ1) is 17.5. The highest BCUT2D eigenvalue weighted by atomic mass is 19.1. The molecule has 1 unspecified atom stereocenters. The van der Waals surface area contributed by atoms with Crippen LogP contribution in [-0.4, -0.2) is 12.0 Å². The predicted molar refractivity (Wildman–Crippen MR) is 85.4 cm³/mol. The van der Waals surface area contributed by atoms with E-state index in [2.05, 4.69) is 5.32 Å². The van der Waals surface area contributed by atoms with Crippen molar-refractivity contribution in [2.75, 3.05) is 7.05 Å². The fourth-order valence-corrected chi connectivity index (χ4v) is 2.66. The molecule has 1 aromatic carbocycles. The van der Waals surface area contributed by atoms with Gasteiger partial charge in [0.1, 0.15) is 17.5 Å². The van der Waals surface area contributed by atoms with E-state index in [4.69, 9.17) is 4.74 Å². The fraction of sp³-hybridized carbons (Fsp3) is 0.353. The molecule has 126 valence electrons. The van der Waals surface area contributed by atoms with Crippen LogP contribution in [0, 0.1) is 32.7 Å². The third-order valence-corrected chi connectivity index (χ3v) is 3.65. The van der Waals surface area contributed by atoms with Crippen LogP contribution in [0.3, 0.4) is 0 Å². The Balaban J connectivity index is 2.80. The second kappa shape index (κ2) is 6.32. The summed E-state index contributed by atoms with van der Waals surface area (Å²) in [7, 11) is 1.50. The van der Waals surface area contributed by atoms with Crippen LogP contribution in [0.2, 0.25) is 0 Å². The lowest BCUT2D eigenvalue weighted by molar-refractivity contribution is -0.433. The SMILES string of the molecule is CNC1=C([N+](=O)[O-])C(c2cccc(F)c2)C(C#N)=C(C(C)(C)C)O1. The number of allylic oxidation sites excluding steroid dienone is 2. The Morgan fingerprint density at radius 2 is 2.08 bits per heavy atom. The lowest BCUT2D eigenvalue weighted by Gasteiger charge is -2.31. The zero-order valence-corrected chi connectivity index (χ0v) is 13.9. The number of nitriles is 1. The van der Waals surface area contributed by atoms with Crippen LogP contribution < -0.4 is 5.32 Å². The number of hydrogen-bond donors (Lipinski definition) is 1. The molecule has 0 saturated heterocycles. The van der Waals surface area contributed by atoms with Crippen LogP contribution in [0.25, 0.3) is 0 Å². The molecule has 0 aromatic heterocycles. The molecule has 0 bridgehead atoms. The molecular formula is C17H18FN3O3. The van der Waals surface area contributed by atoms with E-state index in [1.807, 2.05) is 26.8 Å². The Kier molecular flexibility index (Phi) is 4.60. The summed E-state index contributed by atoms with van der Waals surface area (Å²) < 4.78 is 19.3. The molecule has 0 saturated carbocycles. The van der Waals surface area contributed by atoms with Crippen LogP contribution in [0.5, 0.6) is 0 Å². The van der Waals surface area contributed by atoms with E-state index < -0.39 is 22.1 Å². The molecule has 24 heavy (non-hydrogen) atoms. The van der Waals surface area contributed by atoms with Crippen molar-refractivity contribution in [1.29, 1.82) is 5.26 Å². The van der Waals surface area contributed by atoms with Gasteiger partial charge in [-0.1, -0.05) is 32.9 Å². The second-order valence-corrected chi connectivity index (χ2v) is 6.42. The molecule has 1 N–H and O–H groups in total. The number of nitrogens with one attached hydrogen (secondary N) is 1. The van der Waals surface area contributed by atoms with Crippen molar-refractivity contribution in [3.05, 3.63) is 68.7 Å². The van der Waals surface area contributed by atoms with Crippen molar-refractivity contribution >= 4 is 0 Å². The zero-order valence-electron chi connectivity index (χ0n) is 13.9. The molecule has 7 heteroatoms. The Morgan fingerprint density at radius 3 is 2.54 bits per heavy atom. The number of nitrogens with zero attached hydrogens (tertiary/aromatic N) is 2. The average molecular weight is 331 g/mol. The molecule has 1 aliphatic heterocycles. The van der Waals surface area contributed by atoms with Crippen LogP contribution in [0.15, 0.2) is 47.2 Å². The maximum atomic E-state index is 13.7. The van der Waals surface area contributed by atoms with Gasteiger partial charge in [0.15, 0.2) is 0 Å². The first-order chi connectivity index (χ1) is 11.2. The summed E-state index contributed by atoms with van der Waals surface area (Å²) >= 11 is 0. The number of halogens is 1. The van der Waals surface area contributed by atoms with Gasteiger partial charge >= 0.3 is 5.70 Å². The summed E-state index contributed by atoms with van der Waals surface area (Å²) in [5.74, 6) is -1.25. The van der Waals surface area contributed by atoms with E-state index in [1.165, 1.54) is 25.2 Å². The van der Waals surface area contributed by atoms with Crippen molar-refractivity contribution in [1.82, 2.24) is 5.32 Å². The molecule has 0 amide bonds. The molecule has 1 aliphatic rings. The smallest absolute Gasteiger partial charge is 0.318 e. The average Bonchev–Trinajstić information content (AvgIpc) is 2.51. The van der Waals surface area contributed by atoms with Gasteiger partial charge in [0.2, 0.25) is 0 Å². The van der Waals surface area contributed by atoms with E-state index >= 15 is 0 Å². The highest BCUT2D eigenvalue weighted by Crippen LogP contribution is 2.44. The second-order valence-electron chi connectivity index (χ2n) is 6.42. The van der Waals surface area contributed by atoms with Gasteiger partial charge in [-0.25, -0.2) is 4.39 Å². The number of rotatable bonds is 3. The molecule has 1 atom stereocenters.